The molecule has 1 aliphatic rings. The van der Waals surface area contributed by atoms with E-state index in [1.54, 1.807) is 0 Å². The fourth-order valence-corrected chi connectivity index (χ4v) is 3.67. The van der Waals surface area contributed by atoms with Gasteiger partial charge in [0.15, 0.2) is 6.29 Å². The first-order valence-electron chi connectivity index (χ1n) is 9.20. The van der Waals surface area contributed by atoms with Gasteiger partial charge in [0.2, 0.25) is 0 Å². The highest BCUT2D eigenvalue weighted by atomic mass is 16.5. The maximum absolute atomic E-state index is 9.74. The first kappa shape index (κ1) is 19.9. The standard InChI is InChI=1S/C18H36O4/c19-14-16-9-12-18(15-20,13-10-16)11-7-5-3-1-2-4-6-8-17(21)22/h16-17,19-22H,1-15H2. The Morgan fingerprint density at radius 3 is 1.86 bits per heavy atom. The maximum Gasteiger partial charge on any atom is 0.151 e. The van der Waals surface area contributed by atoms with E-state index in [0.29, 0.717) is 25.6 Å². The second-order valence-electron chi connectivity index (χ2n) is 7.28. The van der Waals surface area contributed by atoms with Crippen LogP contribution in [0.2, 0.25) is 0 Å². The van der Waals surface area contributed by atoms with E-state index in [9.17, 15) is 10.2 Å². The average molecular weight is 316 g/mol. The fraction of sp³-hybridized carbons (Fsp3) is 1.00. The molecular weight excluding hydrogens is 280 g/mol. The summed E-state index contributed by atoms with van der Waals surface area (Å²) in [5.41, 5.74) is 0.128. The van der Waals surface area contributed by atoms with Gasteiger partial charge in [0.05, 0.1) is 0 Å². The third-order valence-corrected chi connectivity index (χ3v) is 5.43. The van der Waals surface area contributed by atoms with Crippen molar-refractivity contribution >= 4 is 0 Å². The van der Waals surface area contributed by atoms with Crippen LogP contribution in [0, 0.1) is 11.3 Å². The van der Waals surface area contributed by atoms with Crippen LogP contribution < -0.4 is 0 Å². The highest BCUT2D eigenvalue weighted by Gasteiger charge is 2.33. The van der Waals surface area contributed by atoms with Gasteiger partial charge in [-0.15, -0.1) is 0 Å². The maximum atomic E-state index is 9.74. The minimum absolute atomic E-state index is 0.128. The lowest BCUT2D eigenvalue weighted by Crippen LogP contribution is -2.32. The van der Waals surface area contributed by atoms with E-state index in [0.717, 1.165) is 44.9 Å². The van der Waals surface area contributed by atoms with Gasteiger partial charge in [-0.3, -0.25) is 0 Å². The number of aliphatic hydroxyl groups excluding tert-OH is 3. The van der Waals surface area contributed by atoms with Gasteiger partial charge in [-0.25, -0.2) is 0 Å². The zero-order valence-electron chi connectivity index (χ0n) is 14.1. The highest BCUT2D eigenvalue weighted by molar-refractivity contribution is 4.85. The van der Waals surface area contributed by atoms with Crippen LogP contribution in [0.5, 0.6) is 0 Å². The minimum Gasteiger partial charge on any atom is -0.396 e. The van der Waals surface area contributed by atoms with Crippen molar-refractivity contribution in [2.24, 2.45) is 11.3 Å². The van der Waals surface area contributed by atoms with Crippen molar-refractivity contribution in [3.8, 4) is 0 Å². The Bertz CT molecular complexity index is 260. The number of unbranched alkanes of at least 4 members (excludes halogenated alkanes) is 6. The quantitative estimate of drug-likeness (QED) is 0.330. The molecule has 132 valence electrons. The third-order valence-electron chi connectivity index (χ3n) is 5.43. The monoisotopic (exact) mass is 316 g/mol. The van der Waals surface area contributed by atoms with Crippen LogP contribution in [0.1, 0.15) is 83.5 Å². The SMILES string of the molecule is OCC1CCC(CO)(CCCCCCCCCC(O)O)CC1. The average Bonchev–Trinajstić information content (AvgIpc) is 2.53. The summed E-state index contributed by atoms with van der Waals surface area (Å²) in [7, 11) is 0. The van der Waals surface area contributed by atoms with Crippen molar-refractivity contribution in [1.82, 2.24) is 0 Å². The Morgan fingerprint density at radius 2 is 1.36 bits per heavy atom. The van der Waals surface area contributed by atoms with Gasteiger partial charge in [-0.1, -0.05) is 38.5 Å². The van der Waals surface area contributed by atoms with Gasteiger partial charge in [-0.2, -0.15) is 0 Å². The molecule has 0 spiro atoms. The van der Waals surface area contributed by atoms with Gasteiger partial charge in [-0.05, 0) is 56.3 Å². The summed E-state index contributed by atoms with van der Waals surface area (Å²) in [6.07, 6.45) is 12.8. The molecule has 0 amide bonds. The first-order valence-corrected chi connectivity index (χ1v) is 9.20. The highest BCUT2D eigenvalue weighted by Crippen LogP contribution is 2.42. The molecule has 0 saturated heterocycles. The Labute approximate surface area is 135 Å². The molecule has 0 heterocycles. The molecule has 1 saturated carbocycles. The van der Waals surface area contributed by atoms with Crippen LogP contribution in [0.25, 0.3) is 0 Å². The van der Waals surface area contributed by atoms with E-state index < -0.39 is 6.29 Å². The summed E-state index contributed by atoms with van der Waals surface area (Å²) in [4.78, 5) is 0. The van der Waals surface area contributed by atoms with E-state index in [4.69, 9.17) is 10.2 Å². The zero-order valence-corrected chi connectivity index (χ0v) is 14.1. The van der Waals surface area contributed by atoms with Crippen LogP contribution >= 0.6 is 0 Å². The van der Waals surface area contributed by atoms with Crippen LogP contribution in [0.4, 0.5) is 0 Å². The molecule has 1 fully saturated rings. The molecule has 0 unspecified atom stereocenters. The molecular formula is C18H36O4. The molecule has 0 atom stereocenters. The molecule has 0 aromatic rings. The summed E-state index contributed by atoms with van der Waals surface area (Å²) in [6, 6.07) is 0. The fourth-order valence-electron chi connectivity index (χ4n) is 3.67. The molecule has 4 nitrogen and oxygen atoms in total. The normalized spacial score (nSPS) is 25.8. The number of hydrogen-bond acceptors (Lipinski definition) is 4. The van der Waals surface area contributed by atoms with Crippen molar-refractivity contribution in [2.45, 2.75) is 89.8 Å². The minimum atomic E-state index is -1.14. The van der Waals surface area contributed by atoms with Crippen molar-refractivity contribution < 1.29 is 20.4 Å². The van der Waals surface area contributed by atoms with E-state index in [1.807, 2.05) is 0 Å². The van der Waals surface area contributed by atoms with Crippen LogP contribution in [0.15, 0.2) is 0 Å². The van der Waals surface area contributed by atoms with E-state index in [-0.39, 0.29) is 5.41 Å². The van der Waals surface area contributed by atoms with Crippen LogP contribution in [0.3, 0.4) is 0 Å². The summed E-state index contributed by atoms with van der Waals surface area (Å²) < 4.78 is 0. The number of hydrogen-bond donors (Lipinski definition) is 4. The molecule has 0 radical (unpaired) electrons. The summed E-state index contributed by atoms with van der Waals surface area (Å²) in [6.45, 7) is 0.601. The first-order chi connectivity index (χ1) is 10.6. The zero-order chi connectivity index (χ0) is 16.3. The Hall–Kier alpha value is -0.160. The largest absolute Gasteiger partial charge is 0.396 e. The molecule has 22 heavy (non-hydrogen) atoms. The second kappa shape index (κ2) is 11.4. The molecule has 1 aliphatic carbocycles. The molecule has 4 heteroatoms. The number of aliphatic hydroxyl groups is 4. The summed E-state index contributed by atoms with van der Waals surface area (Å²) in [5.74, 6) is 0.456. The lowest BCUT2D eigenvalue weighted by Gasteiger charge is -2.38. The third kappa shape index (κ3) is 7.91. The molecule has 0 aliphatic heterocycles. The Morgan fingerprint density at radius 1 is 0.818 bits per heavy atom. The van der Waals surface area contributed by atoms with Gasteiger partial charge >= 0.3 is 0 Å². The van der Waals surface area contributed by atoms with E-state index in [2.05, 4.69) is 0 Å². The lowest BCUT2D eigenvalue weighted by molar-refractivity contribution is -0.0466. The van der Waals surface area contributed by atoms with Crippen molar-refractivity contribution in [2.75, 3.05) is 13.2 Å². The predicted molar refractivity (Wildman–Crippen MR) is 88.3 cm³/mol. The summed E-state index contributed by atoms with van der Waals surface area (Å²) in [5, 5.41) is 36.5. The summed E-state index contributed by atoms with van der Waals surface area (Å²) >= 11 is 0. The van der Waals surface area contributed by atoms with Gasteiger partial charge < -0.3 is 20.4 Å². The van der Waals surface area contributed by atoms with E-state index >= 15 is 0 Å². The van der Waals surface area contributed by atoms with Gasteiger partial charge in [0.1, 0.15) is 0 Å². The van der Waals surface area contributed by atoms with Crippen molar-refractivity contribution in [3.63, 3.8) is 0 Å². The molecule has 0 aromatic carbocycles. The second-order valence-corrected chi connectivity index (χ2v) is 7.28. The topological polar surface area (TPSA) is 80.9 Å². The number of rotatable bonds is 12. The van der Waals surface area contributed by atoms with Crippen LogP contribution in [-0.2, 0) is 0 Å². The molecule has 0 bridgehead atoms. The molecule has 0 aromatic heterocycles. The van der Waals surface area contributed by atoms with Crippen molar-refractivity contribution in [1.29, 1.82) is 0 Å². The van der Waals surface area contributed by atoms with Gasteiger partial charge in [0.25, 0.3) is 0 Å². The Kier molecular flexibility index (Phi) is 10.3. The van der Waals surface area contributed by atoms with Gasteiger partial charge in [0, 0.05) is 13.2 Å². The Balaban J connectivity index is 2.01. The van der Waals surface area contributed by atoms with Crippen LogP contribution in [-0.4, -0.2) is 39.9 Å². The molecule has 1 rings (SSSR count). The smallest absolute Gasteiger partial charge is 0.151 e. The van der Waals surface area contributed by atoms with E-state index in [1.165, 1.54) is 32.1 Å². The van der Waals surface area contributed by atoms with Crippen molar-refractivity contribution in [3.05, 3.63) is 0 Å². The molecule has 4 N–H and O–H groups in total. The predicted octanol–water partition coefficient (Wildman–Crippen LogP) is 2.97. The lowest BCUT2D eigenvalue weighted by atomic mass is 9.68.